The Kier molecular flexibility index (Phi) is 3.86. The molecule has 0 saturated carbocycles. The van der Waals surface area contributed by atoms with Crippen molar-refractivity contribution in [2.24, 2.45) is 0 Å². The van der Waals surface area contributed by atoms with Crippen LogP contribution in [0.25, 0.3) is 16.8 Å². The van der Waals surface area contributed by atoms with Gasteiger partial charge in [-0.25, -0.2) is 4.52 Å². The van der Waals surface area contributed by atoms with Crippen molar-refractivity contribution >= 4 is 5.52 Å². The number of nitrogens with zero attached hydrogens (tertiary/aromatic N) is 6. The molecule has 3 aromatic heterocycles. The van der Waals surface area contributed by atoms with Gasteiger partial charge in [0.25, 0.3) is 0 Å². The zero-order chi connectivity index (χ0) is 17.4. The minimum Gasteiger partial charge on any atom is -0.494 e. The molecule has 0 aromatic carbocycles. The van der Waals surface area contributed by atoms with Gasteiger partial charge in [0, 0.05) is 11.8 Å². The Labute approximate surface area is 145 Å². The van der Waals surface area contributed by atoms with Gasteiger partial charge in [-0.2, -0.15) is 25.4 Å². The largest absolute Gasteiger partial charge is 0.494 e. The topological polar surface area (TPSA) is 93.1 Å². The number of methoxy groups -OCH3 is 1. The fraction of sp³-hybridized carbons (Fsp3) is 0.412. The Hall–Kier alpha value is -2.92. The molecule has 1 saturated heterocycles. The van der Waals surface area contributed by atoms with E-state index in [9.17, 15) is 5.26 Å². The van der Waals surface area contributed by atoms with Crippen LogP contribution >= 0.6 is 0 Å². The number of aryl methyl sites for hydroxylation is 1. The second-order valence-electron chi connectivity index (χ2n) is 6.20. The molecule has 8 nitrogen and oxygen atoms in total. The van der Waals surface area contributed by atoms with E-state index in [1.807, 2.05) is 24.0 Å². The molecule has 0 amide bonds. The van der Waals surface area contributed by atoms with Crippen molar-refractivity contribution in [1.29, 1.82) is 5.26 Å². The summed E-state index contributed by atoms with van der Waals surface area (Å²) in [7, 11) is 1.59. The molecular weight excluding hydrogens is 318 g/mol. The number of ether oxygens (including phenoxy) is 1. The van der Waals surface area contributed by atoms with E-state index in [-0.39, 0.29) is 0 Å². The molecule has 1 N–H and O–H groups in total. The molecule has 1 aliphatic heterocycles. The van der Waals surface area contributed by atoms with Gasteiger partial charge in [-0.3, -0.25) is 0 Å². The van der Waals surface area contributed by atoms with Crippen LogP contribution in [0.1, 0.15) is 30.1 Å². The number of hydrogen-bond acceptors (Lipinski definition) is 6. The highest BCUT2D eigenvalue weighted by Crippen LogP contribution is 2.30. The zero-order valence-corrected chi connectivity index (χ0v) is 14.2. The Balaban J connectivity index is 1.79. The summed E-state index contributed by atoms with van der Waals surface area (Å²) in [6, 6.07) is 4.36. The van der Waals surface area contributed by atoms with Crippen molar-refractivity contribution < 1.29 is 4.74 Å². The average Bonchev–Trinajstić information content (AvgIpc) is 3.25. The van der Waals surface area contributed by atoms with E-state index in [4.69, 9.17) is 9.84 Å². The van der Waals surface area contributed by atoms with Crippen molar-refractivity contribution in [3.8, 4) is 23.1 Å². The van der Waals surface area contributed by atoms with Gasteiger partial charge in [0.2, 0.25) is 0 Å². The molecule has 3 aromatic rings. The van der Waals surface area contributed by atoms with E-state index >= 15 is 0 Å². The van der Waals surface area contributed by atoms with Crippen LogP contribution in [-0.4, -0.2) is 44.8 Å². The number of fused-ring (bicyclic) bond motifs is 1. The minimum absolute atomic E-state index is 0.328. The Bertz CT molecular complexity index is 959. The number of hydrogen-bond donors (Lipinski definition) is 1. The van der Waals surface area contributed by atoms with Gasteiger partial charge in [-0.05, 0) is 38.9 Å². The van der Waals surface area contributed by atoms with Gasteiger partial charge in [-0.1, -0.05) is 0 Å². The van der Waals surface area contributed by atoms with Crippen LogP contribution in [0.2, 0.25) is 0 Å². The standard InChI is InChI=1S/C17H19N7O/c1-11-16(22-24(21-11)14-3-5-19-6-4-14)12-7-15(25-2)17-13(8-18)9-20-23(17)10-12/h7,9-10,14,19H,3-6H2,1-2H3. The highest BCUT2D eigenvalue weighted by atomic mass is 16.5. The van der Waals surface area contributed by atoms with Crippen LogP contribution in [0.5, 0.6) is 5.75 Å². The highest BCUT2D eigenvalue weighted by Gasteiger charge is 2.21. The predicted molar refractivity (Wildman–Crippen MR) is 91.4 cm³/mol. The molecule has 4 heterocycles. The molecule has 4 rings (SSSR count). The SMILES string of the molecule is COc1cc(-c2nn(C3CCNCC3)nc2C)cn2ncc(C#N)c12. The molecule has 8 heteroatoms. The van der Waals surface area contributed by atoms with Crippen molar-refractivity contribution in [2.75, 3.05) is 20.2 Å². The molecule has 0 aliphatic carbocycles. The fourth-order valence-corrected chi connectivity index (χ4v) is 3.32. The lowest BCUT2D eigenvalue weighted by Gasteiger charge is -2.21. The van der Waals surface area contributed by atoms with Crippen LogP contribution in [0.3, 0.4) is 0 Å². The summed E-state index contributed by atoms with van der Waals surface area (Å²) < 4.78 is 7.14. The normalized spacial score (nSPS) is 15.4. The Morgan fingerprint density at radius 1 is 1.32 bits per heavy atom. The smallest absolute Gasteiger partial charge is 0.146 e. The van der Waals surface area contributed by atoms with E-state index in [0.29, 0.717) is 22.9 Å². The predicted octanol–water partition coefficient (Wildman–Crippen LogP) is 1.71. The summed E-state index contributed by atoms with van der Waals surface area (Å²) in [5, 5.41) is 26.2. The molecule has 0 atom stereocenters. The summed E-state index contributed by atoms with van der Waals surface area (Å²) in [5.74, 6) is 0.599. The molecule has 25 heavy (non-hydrogen) atoms. The lowest BCUT2D eigenvalue weighted by atomic mass is 10.1. The quantitative estimate of drug-likeness (QED) is 0.782. The van der Waals surface area contributed by atoms with E-state index in [0.717, 1.165) is 42.9 Å². The first kappa shape index (κ1) is 15.6. The Morgan fingerprint density at radius 3 is 2.84 bits per heavy atom. The maximum atomic E-state index is 9.23. The first-order valence-corrected chi connectivity index (χ1v) is 8.31. The third kappa shape index (κ3) is 2.62. The number of pyridine rings is 1. The molecule has 0 unspecified atom stereocenters. The molecule has 128 valence electrons. The number of nitriles is 1. The maximum absolute atomic E-state index is 9.23. The van der Waals surface area contributed by atoms with Crippen molar-refractivity contribution in [1.82, 2.24) is 29.9 Å². The summed E-state index contributed by atoms with van der Waals surface area (Å²) in [6.07, 6.45) is 5.46. The molecule has 0 bridgehead atoms. The fourth-order valence-electron chi connectivity index (χ4n) is 3.32. The number of nitrogens with one attached hydrogen (secondary N) is 1. The minimum atomic E-state index is 0.328. The third-order valence-corrected chi connectivity index (χ3v) is 4.62. The maximum Gasteiger partial charge on any atom is 0.146 e. The van der Waals surface area contributed by atoms with Crippen molar-refractivity contribution in [3.05, 3.63) is 29.7 Å². The van der Waals surface area contributed by atoms with E-state index in [1.54, 1.807) is 17.8 Å². The monoisotopic (exact) mass is 337 g/mol. The Morgan fingerprint density at radius 2 is 2.12 bits per heavy atom. The van der Waals surface area contributed by atoms with Gasteiger partial charge >= 0.3 is 0 Å². The van der Waals surface area contributed by atoms with Gasteiger partial charge < -0.3 is 10.1 Å². The summed E-state index contributed by atoms with van der Waals surface area (Å²) in [6.45, 7) is 3.94. The van der Waals surface area contributed by atoms with Crippen LogP contribution < -0.4 is 10.1 Å². The van der Waals surface area contributed by atoms with Crippen LogP contribution in [0.4, 0.5) is 0 Å². The lowest BCUT2D eigenvalue weighted by Crippen LogP contribution is -2.30. The van der Waals surface area contributed by atoms with Crippen molar-refractivity contribution in [2.45, 2.75) is 25.8 Å². The molecule has 1 fully saturated rings. The number of rotatable bonds is 3. The first-order chi connectivity index (χ1) is 12.2. The summed E-state index contributed by atoms with van der Waals surface area (Å²) in [5.41, 5.74) is 3.70. The second-order valence-corrected chi connectivity index (χ2v) is 6.20. The molecule has 0 spiro atoms. The third-order valence-electron chi connectivity index (χ3n) is 4.62. The van der Waals surface area contributed by atoms with Crippen LogP contribution in [-0.2, 0) is 0 Å². The summed E-state index contributed by atoms with van der Waals surface area (Å²) in [4.78, 5) is 1.84. The van der Waals surface area contributed by atoms with Gasteiger partial charge in [-0.15, -0.1) is 0 Å². The molecule has 0 radical (unpaired) electrons. The van der Waals surface area contributed by atoms with Gasteiger partial charge in [0.15, 0.2) is 0 Å². The van der Waals surface area contributed by atoms with Gasteiger partial charge in [0.1, 0.15) is 28.6 Å². The number of aromatic nitrogens is 5. The van der Waals surface area contributed by atoms with Crippen LogP contribution in [0, 0.1) is 18.3 Å². The lowest BCUT2D eigenvalue weighted by molar-refractivity contribution is 0.313. The van der Waals surface area contributed by atoms with Crippen molar-refractivity contribution in [3.63, 3.8) is 0 Å². The molecular formula is C17H19N7O. The van der Waals surface area contributed by atoms with E-state index in [2.05, 4.69) is 21.6 Å². The van der Waals surface area contributed by atoms with E-state index < -0.39 is 0 Å². The zero-order valence-electron chi connectivity index (χ0n) is 14.2. The first-order valence-electron chi connectivity index (χ1n) is 8.31. The second kappa shape index (κ2) is 6.18. The summed E-state index contributed by atoms with van der Waals surface area (Å²) >= 11 is 0. The number of piperidine rings is 1. The van der Waals surface area contributed by atoms with E-state index in [1.165, 1.54) is 0 Å². The highest BCUT2D eigenvalue weighted by molar-refractivity contribution is 5.74. The molecule has 1 aliphatic rings. The average molecular weight is 337 g/mol. The van der Waals surface area contributed by atoms with Crippen LogP contribution in [0.15, 0.2) is 18.5 Å². The van der Waals surface area contributed by atoms with Gasteiger partial charge in [0.05, 0.1) is 25.0 Å².